The SMILES string of the molecule is COc1ccc(COC2(C)CCCNC2)cc1[N+](=O)[O-]. The molecule has 2 rings (SSSR count). The van der Waals surface area contributed by atoms with Gasteiger partial charge in [-0.3, -0.25) is 10.1 Å². The fraction of sp³-hybridized carbons (Fsp3) is 0.571. The first kappa shape index (κ1) is 14.7. The summed E-state index contributed by atoms with van der Waals surface area (Å²) in [5, 5.41) is 14.3. The zero-order valence-corrected chi connectivity index (χ0v) is 11.8. The van der Waals surface area contributed by atoms with Gasteiger partial charge in [0.2, 0.25) is 0 Å². The molecule has 6 heteroatoms. The average molecular weight is 280 g/mol. The molecule has 1 aromatic rings. The van der Waals surface area contributed by atoms with Crippen molar-refractivity contribution in [3.05, 3.63) is 33.9 Å². The molecule has 0 amide bonds. The van der Waals surface area contributed by atoms with Gasteiger partial charge in [-0.1, -0.05) is 6.07 Å². The van der Waals surface area contributed by atoms with Crippen LogP contribution in [0.1, 0.15) is 25.3 Å². The van der Waals surface area contributed by atoms with Crippen LogP contribution in [0.2, 0.25) is 0 Å². The highest BCUT2D eigenvalue weighted by Crippen LogP contribution is 2.29. The number of hydrogen-bond acceptors (Lipinski definition) is 5. The zero-order chi connectivity index (χ0) is 14.6. The van der Waals surface area contributed by atoms with E-state index in [1.54, 1.807) is 12.1 Å². The van der Waals surface area contributed by atoms with E-state index < -0.39 is 4.92 Å². The van der Waals surface area contributed by atoms with Crippen LogP contribution >= 0.6 is 0 Å². The largest absolute Gasteiger partial charge is 0.490 e. The van der Waals surface area contributed by atoms with Crippen molar-refractivity contribution in [2.75, 3.05) is 20.2 Å². The normalized spacial score (nSPS) is 22.5. The third-order valence-corrected chi connectivity index (χ3v) is 3.59. The van der Waals surface area contributed by atoms with E-state index >= 15 is 0 Å². The van der Waals surface area contributed by atoms with Crippen LogP contribution in [0.4, 0.5) is 5.69 Å². The van der Waals surface area contributed by atoms with E-state index in [-0.39, 0.29) is 17.0 Å². The number of nitrogens with zero attached hydrogens (tertiary/aromatic N) is 1. The minimum absolute atomic E-state index is 0.0273. The second kappa shape index (κ2) is 6.19. The summed E-state index contributed by atoms with van der Waals surface area (Å²) in [6.07, 6.45) is 2.08. The summed E-state index contributed by atoms with van der Waals surface area (Å²) in [6, 6.07) is 4.92. The Hall–Kier alpha value is -1.66. The molecule has 1 heterocycles. The van der Waals surface area contributed by atoms with Crippen LogP contribution in [-0.2, 0) is 11.3 Å². The number of ether oxygens (including phenoxy) is 2. The topological polar surface area (TPSA) is 73.6 Å². The number of rotatable bonds is 5. The Bertz CT molecular complexity index is 484. The summed E-state index contributed by atoms with van der Waals surface area (Å²) in [4.78, 5) is 10.5. The predicted molar refractivity (Wildman–Crippen MR) is 74.9 cm³/mol. The zero-order valence-electron chi connectivity index (χ0n) is 11.8. The van der Waals surface area contributed by atoms with Crippen molar-refractivity contribution in [2.24, 2.45) is 0 Å². The molecule has 0 aliphatic carbocycles. The van der Waals surface area contributed by atoms with Crippen LogP contribution in [0.15, 0.2) is 18.2 Å². The third kappa shape index (κ3) is 3.46. The summed E-state index contributed by atoms with van der Waals surface area (Å²) >= 11 is 0. The number of benzene rings is 1. The molecule has 1 unspecified atom stereocenters. The molecule has 20 heavy (non-hydrogen) atoms. The van der Waals surface area contributed by atoms with Gasteiger partial charge in [-0.15, -0.1) is 0 Å². The van der Waals surface area contributed by atoms with Crippen molar-refractivity contribution in [3.8, 4) is 5.75 Å². The van der Waals surface area contributed by atoms with E-state index in [0.717, 1.165) is 31.5 Å². The minimum atomic E-state index is -0.438. The van der Waals surface area contributed by atoms with Gasteiger partial charge < -0.3 is 14.8 Å². The molecule has 0 radical (unpaired) electrons. The molecule has 1 aliphatic heterocycles. The van der Waals surface area contributed by atoms with Gasteiger partial charge in [-0.2, -0.15) is 0 Å². The molecular formula is C14H20N2O4. The Kier molecular flexibility index (Phi) is 4.57. The van der Waals surface area contributed by atoms with Crippen LogP contribution < -0.4 is 10.1 Å². The lowest BCUT2D eigenvalue weighted by Gasteiger charge is -2.34. The van der Waals surface area contributed by atoms with E-state index in [0.29, 0.717) is 6.61 Å². The number of methoxy groups -OCH3 is 1. The Morgan fingerprint density at radius 2 is 2.30 bits per heavy atom. The molecule has 1 fully saturated rings. The van der Waals surface area contributed by atoms with Crippen LogP contribution in [0.25, 0.3) is 0 Å². The summed E-state index contributed by atoms with van der Waals surface area (Å²) in [7, 11) is 1.42. The van der Waals surface area contributed by atoms with Crippen molar-refractivity contribution >= 4 is 5.69 Å². The quantitative estimate of drug-likeness (QED) is 0.661. The van der Waals surface area contributed by atoms with Crippen LogP contribution in [0, 0.1) is 10.1 Å². The number of hydrogen-bond donors (Lipinski definition) is 1. The molecule has 6 nitrogen and oxygen atoms in total. The first-order valence-electron chi connectivity index (χ1n) is 6.70. The third-order valence-electron chi connectivity index (χ3n) is 3.59. The van der Waals surface area contributed by atoms with E-state index in [1.165, 1.54) is 13.2 Å². The van der Waals surface area contributed by atoms with Crippen molar-refractivity contribution in [2.45, 2.75) is 32.0 Å². The van der Waals surface area contributed by atoms with E-state index in [4.69, 9.17) is 9.47 Å². The second-order valence-electron chi connectivity index (χ2n) is 5.28. The molecular weight excluding hydrogens is 260 g/mol. The van der Waals surface area contributed by atoms with Gasteiger partial charge >= 0.3 is 5.69 Å². The standard InChI is InChI=1S/C14H20N2O4/c1-14(6-3-7-15-10-14)20-9-11-4-5-13(19-2)12(8-11)16(17)18/h4-5,8,15H,3,6-7,9-10H2,1-2H3. The van der Waals surface area contributed by atoms with Gasteiger partial charge in [0.15, 0.2) is 5.75 Å². The summed E-state index contributed by atoms with van der Waals surface area (Å²) in [5.41, 5.74) is 0.553. The summed E-state index contributed by atoms with van der Waals surface area (Å²) in [6.45, 7) is 4.26. The molecule has 1 N–H and O–H groups in total. The van der Waals surface area contributed by atoms with Gasteiger partial charge in [0.1, 0.15) is 0 Å². The number of nitro benzene ring substituents is 1. The van der Waals surface area contributed by atoms with Crippen LogP contribution in [0.3, 0.4) is 0 Å². The Balaban J connectivity index is 2.06. The highest BCUT2D eigenvalue weighted by atomic mass is 16.6. The maximum Gasteiger partial charge on any atom is 0.311 e. The van der Waals surface area contributed by atoms with Crippen molar-refractivity contribution in [1.29, 1.82) is 0 Å². The number of nitrogens with one attached hydrogen (secondary N) is 1. The Morgan fingerprint density at radius 3 is 2.90 bits per heavy atom. The molecule has 0 aromatic heterocycles. The van der Waals surface area contributed by atoms with E-state index in [2.05, 4.69) is 12.2 Å². The fourth-order valence-electron chi connectivity index (χ4n) is 2.38. The molecule has 1 aromatic carbocycles. The molecule has 1 atom stereocenters. The Morgan fingerprint density at radius 1 is 1.50 bits per heavy atom. The minimum Gasteiger partial charge on any atom is -0.490 e. The number of piperidine rings is 1. The van der Waals surface area contributed by atoms with E-state index in [1.807, 2.05) is 0 Å². The van der Waals surface area contributed by atoms with Crippen molar-refractivity contribution < 1.29 is 14.4 Å². The highest BCUT2D eigenvalue weighted by molar-refractivity contribution is 5.48. The summed E-state index contributed by atoms with van der Waals surface area (Å²) in [5.74, 6) is 0.268. The lowest BCUT2D eigenvalue weighted by Crippen LogP contribution is -2.45. The average Bonchev–Trinajstić information content (AvgIpc) is 2.45. The predicted octanol–water partition coefficient (Wildman–Crippen LogP) is 2.26. The monoisotopic (exact) mass is 280 g/mol. The maximum absolute atomic E-state index is 11.0. The van der Waals surface area contributed by atoms with Crippen LogP contribution in [0.5, 0.6) is 5.75 Å². The van der Waals surface area contributed by atoms with Gasteiger partial charge in [-0.25, -0.2) is 0 Å². The lowest BCUT2D eigenvalue weighted by molar-refractivity contribution is -0.385. The Labute approximate surface area is 118 Å². The fourth-order valence-corrected chi connectivity index (χ4v) is 2.38. The van der Waals surface area contributed by atoms with Gasteiger partial charge in [0, 0.05) is 12.6 Å². The lowest BCUT2D eigenvalue weighted by atomic mass is 9.96. The van der Waals surface area contributed by atoms with Crippen molar-refractivity contribution in [1.82, 2.24) is 5.32 Å². The van der Waals surface area contributed by atoms with Gasteiger partial charge in [-0.05, 0) is 37.9 Å². The molecule has 0 bridgehead atoms. The molecule has 110 valence electrons. The van der Waals surface area contributed by atoms with E-state index in [9.17, 15) is 10.1 Å². The first-order valence-corrected chi connectivity index (χ1v) is 6.70. The maximum atomic E-state index is 11.0. The van der Waals surface area contributed by atoms with Crippen molar-refractivity contribution in [3.63, 3.8) is 0 Å². The molecule has 1 saturated heterocycles. The summed E-state index contributed by atoms with van der Waals surface area (Å²) < 4.78 is 10.9. The van der Waals surface area contributed by atoms with Gasteiger partial charge in [0.25, 0.3) is 0 Å². The first-order chi connectivity index (χ1) is 9.54. The number of nitro groups is 1. The molecule has 0 saturated carbocycles. The smallest absolute Gasteiger partial charge is 0.311 e. The highest BCUT2D eigenvalue weighted by Gasteiger charge is 2.27. The molecule has 1 aliphatic rings. The second-order valence-corrected chi connectivity index (χ2v) is 5.28. The molecule has 0 spiro atoms. The van der Waals surface area contributed by atoms with Crippen LogP contribution in [-0.4, -0.2) is 30.7 Å². The van der Waals surface area contributed by atoms with Gasteiger partial charge in [0.05, 0.1) is 24.2 Å².